The molecular formula is C15H11Cl2N3O5. The molecule has 0 aliphatic heterocycles. The first-order chi connectivity index (χ1) is 11.8. The number of halogens is 2. The molecule has 0 saturated carbocycles. The number of nitrogens with zero attached hydrogens (tertiary/aromatic N) is 1. The molecule has 0 aliphatic rings. The number of rotatable bonds is 5. The van der Waals surface area contributed by atoms with Crippen LogP contribution >= 0.6 is 23.2 Å². The van der Waals surface area contributed by atoms with Crippen LogP contribution < -0.4 is 10.6 Å². The molecule has 2 aromatic rings. The van der Waals surface area contributed by atoms with Crippen molar-refractivity contribution in [3.05, 3.63) is 62.1 Å². The van der Waals surface area contributed by atoms with E-state index in [0.29, 0.717) is 0 Å². The topological polar surface area (TPSA) is 122 Å². The van der Waals surface area contributed by atoms with Gasteiger partial charge in [0.25, 0.3) is 11.6 Å². The average molecular weight is 384 g/mol. The molecule has 0 aliphatic carbocycles. The minimum absolute atomic E-state index is 0.0126. The van der Waals surface area contributed by atoms with Gasteiger partial charge >= 0.3 is 0 Å². The molecule has 0 aromatic heterocycles. The van der Waals surface area contributed by atoms with Gasteiger partial charge in [-0.1, -0.05) is 23.2 Å². The van der Waals surface area contributed by atoms with Gasteiger partial charge < -0.3 is 15.7 Å². The second-order valence-corrected chi connectivity index (χ2v) is 5.66. The largest absolute Gasteiger partial charge is 0.507 e. The van der Waals surface area contributed by atoms with Crippen molar-refractivity contribution in [1.82, 2.24) is 5.32 Å². The van der Waals surface area contributed by atoms with Gasteiger partial charge in [0.1, 0.15) is 5.75 Å². The lowest BCUT2D eigenvalue weighted by Gasteiger charge is -2.09. The molecule has 10 heteroatoms. The van der Waals surface area contributed by atoms with Crippen LogP contribution in [0.3, 0.4) is 0 Å². The molecule has 2 aromatic carbocycles. The highest BCUT2D eigenvalue weighted by Gasteiger charge is 2.15. The Hall–Kier alpha value is -2.84. The van der Waals surface area contributed by atoms with Crippen LogP contribution in [0, 0.1) is 10.1 Å². The van der Waals surface area contributed by atoms with Gasteiger partial charge in [-0.05, 0) is 24.3 Å². The van der Waals surface area contributed by atoms with Crippen LogP contribution in [0.1, 0.15) is 10.4 Å². The zero-order valence-corrected chi connectivity index (χ0v) is 14.0. The fourth-order valence-corrected chi connectivity index (χ4v) is 2.25. The fourth-order valence-electron chi connectivity index (χ4n) is 1.86. The Kier molecular flexibility index (Phi) is 5.79. The van der Waals surface area contributed by atoms with Crippen LogP contribution in [0.15, 0.2) is 36.4 Å². The summed E-state index contributed by atoms with van der Waals surface area (Å²) >= 11 is 11.6. The smallest absolute Gasteiger partial charge is 0.271 e. The number of benzene rings is 2. The summed E-state index contributed by atoms with van der Waals surface area (Å²) in [6.07, 6.45) is 0. The van der Waals surface area contributed by atoms with Crippen molar-refractivity contribution in [3.63, 3.8) is 0 Å². The molecule has 0 atom stereocenters. The zero-order chi connectivity index (χ0) is 18.6. The highest BCUT2D eigenvalue weighted by atomic mass is 35.5. The maximum Gasteiger partial charge on any atom is 0.271 e. The summed E-state index contributed by atoms with van der Waals surface area (Å²) in [6, 6.07) is 7.50. The summed E-state index contributed by atoms with van der Waals surface area (Å²) in [5, 5.41) is 25.2. The van der Waals surface area contributed by atoms with Gasteiger partial charge in [-0.15, -0.1) is 0 Å². The van der Waals surface area contributed by atoms with Crippen LogP contribution in [0.5, 0.6) is 5.75 Å². The molecule has 130 valence electrons. The first-order valence-corrected chi connectivity index (χ1v) is 7.54. The van der Waals surface area contributed by atoms with Gasteiger partial charge in [-0.2, -0.15) is 0 Å². The highest BCUT2D eigenvalue weighted by molar-refractivity contribution is 6.34. The molecule has 0 heterocycles. The number of hydrogen-bond acceptors (Lipinski definition) is 5. The van der Waals surface area contributed by atoms with Crippen molar-refractivity contribution in [2.45, 2.75) is 0 Å². The minimum atomic E-state index is -0.690. The van der Waals surface area contributed by atoms with E-state index in [1.54, 1.807) is 0 Å². The lowest BCUT2D eigenvalue weighted by atomic mass is 10.2. The fraction of sp³-hybridized carbons (Fsp3) is 0.0667. The quantitative estimate of drug-likeness (QED) is 0.541. The maximum atomic E-state index is 12.0. The summed E-state index contributed by atoms with van der Waals surface area (Å²) in [4.78, 5) is 33.8. The highest BCUT2D eigenvalue weighted by Crippen LogP contribution is 2.26. The second kappa shape index (κ2) is 7.82. The molecule has 25 heavy (non-hydrogen) atoms. The number of carbonyl (C=O) groups is 2. The molecule has 0 radical (unpaired) electrons. The molecule has 2 amide bonds. The Morgan fingerprint density at radius 2 is 1.88 bits per heavy atom. The standard InChI is InChI=1S/C15H11Cl2N3O5/c16-8-1-4-13(21)10(5-8)15(23)18-7-14(22)19-12-3-2-9(20(24)25)6-11(12)17/h1-6,21H,7H2,(H,18,23)(H,19,22). The van der Waals surface area contributed by atoms with Crippen LogP contribution in [0.2, 0.25) is 10.0 Å². The number of carbonyl (C=O) groups excluding carboxylic acids is 2. The van der Waals surface area contributed by atoms with E-state index in [1.807, 2.05) is 0 Å². The van der Waals surface area contributed by atoms with E-state index < -0.39 is 23.3 Å². The normalized spacial score (nSPS) is 10.2. The van der Waals surface area contributed by atoms with E-state index in [0.717, 1.165) is 6.07 Å². The third kappa shape index (κ3) is 4.82. The van der Waals surface area contributed by atoms with Gasteiger partial charge in [0.15, 0.2) is 0 Å². The number of nitro groups is 1. The minimum Gasteiger partial charge on any atom is -0.507 e. The molecular weight excluding hydrogens is 373 g/mol. The number of nitro benzene ring substituents is 1. The Morgan fingerprint density at radius 3 is 2.52 bits per heavy atom. The molecule has 0 bridgehead atoms. The summed E-state index contributed by atoms with van der Waals surface area (Å²) < 4.78 is 0. The van der Waals surface area contributed by atoms with Crippen molar-refractivity contribution >= 4 is 46.4 Å². The van der Waals surface area contributed by atoms with Crippen LogP contribution in [0.25, 0.3) is 0 Å². The number of non-ortho nitro benzene ring substituents is 1. The number of hydrogen-bond donors (Lipinski definition) is 3. The van der Waals surface area contributed by atoms with Crippen molar-refractivity contribution in [3.8, 4) is 5.75 Å². The second-order valence-electron chi connectivity index (χ2n) is 4.81. The van der Waals surface area contributed by atoms with Crippen LogP contribution in [-0.4, -0.2) is 28.4 Å². The van der Waals surface area contributed by atoms with Gasteiger partial charge in [0, 0.05) is 17.2 Å². The van der Waals surface area contributed by atoms with Gasteiger partial charge in [-0.25, -0.2) is 0 Å². The number of anilines is 1. The van der Waals surface area contributed by atoms with Crippen molar-refractivity contribution in [1.29, 1.82) is 0 Å². The van der Waals surface area contributed by atoms with E-state index in [-0.39, 0.29) is 32.7 Å². The molecule has 0 spiro atoms. The number of phenols is 1. The molecule has 0 saturated heterocycles. The third-order valence-corrected chi connectivity index (χ3v) is 3.60. The lowest BCUT2D eigenvalue weighted by Crippen LogP contribution is -2.32. The maximum absolute atomic E-state index is 12.0. The molecule has 3 N–H and O–H groups in total. The Balaban J connectivity index is 1.98. The van der Waals surface area contributed by atoms with Gasteiger partial charge in [0.05, 0.1) is 27.7 Å². The van der Waals surface area contributed by atoms with Crippen molar-refractivity contribution in [2.75, 3.05) is 11.9 Å². The van der Waals surface area contributed by atoms with Gasteiger partial charge in [-0.3, -0.25) is 19.7 Å². The number of nitrogens with one attached hydrogen (secondary N) is 2. The van der Waals surface area contributed by atoms with Crippen LogP contribution in [-0.2, 0) is 4.79 Å². The first-order valence-electron chi connectivity index (χ1n) is 6.78. The number of phenolic OH excluding ortho intramolecular Hbond substituents is 1. The Morgan fingerprint density at radius 1 is 1.16 bits per heavy atom. The predicted molar refractivity (Wildman–Crippen MR) is 92.2 cm³/mol. The Labute approximate surface area is 151 Å². The summed E-state index contributed by atoms with van der Waals surface area (Å²) in [5.74, 6) is -1.57. The van der Waals surface area contributed by atoms with Crippen molar-refractivity contribution < 1.29 is 19.6 Å². The molecule has 8 nitrogen and oxygen atoms in total. The monoisotopic (exact) mass is 383 g/mol. The third-order valence-electron chi connectivity index (χ3n) is 3.05. The summed E-state index contributed by atoms with van der Waals surface area (Å²) in [6.45, 7) is -0.405. The van der Waals surface area contributed by atoms with E-state index in [2.05, 4.69) is 10.6 Å². The van der Waals surface area contributed by atoms with Crippen molar-refractivity contribution in [2.24, 2.45) is 0 Å². The van der Waals surface area contributed by atoms with Gasteiger partial charge in [0.2, 0.25) is 5.91 Å². The van der Waals surface area contributed by atoms with E-state index in [9.17, 15) is 24.8 Å². The number of amides is 2. The predicted octanol–water partition coefficient (Wildman–Crippen LogP) is 2.98. The first kappa shape index (κ1) is 18.5. The van der Waals surface area contributed by atoms with E-state index >= 15 is 0 Å². The van der Waals surface area contributed by atoms with Crippen LogP contribution in [0.4, 0.5) is 11.4 Å². The molecule has 0 unspecified atom stereocenters. The average Bonchev–Trinajstić information content (AvgIpc) is 2.56. The van der Waals surface area contributed by atoms with E-state index in [1.165, 1.54) is 30.3 Å². The Bertz CT molecular complexity index is 857. The summed E-state index contributed by atoms with van der Waals surface area (Å²) in [7, 11) is 0. The van der Waals surface area contributed by atoms with E-state index in [4.69, 9.17) is 23.2 Å². The lowest BCUT2D eigenvalue weighted by molar-refractivity contribution is -0.384. The molecule has 0 fully saturated rings. The summed E-state index contributed by atoms with van der Waals surface area (Å²) in [5.41, 5.74) is -0.126. The zero-order valence-electron chi connectivity index (χ0n) is 12.5. The SMILES string of the molecule is O=C(CNC(=O)c1cc(Cl)ccc1O)Nc1ccc([N+](=O)[O-])cc1Cl. The number of aromatic hydroxyl groups is 1. The molecule has 2 rings (SSSR count).